The number of benzene rings is 3. The van der Waals surface area contributed by atoms with Crippen molar-refractivity contribution in [3.05, 3.63) is 106 Å². The second kappa shape index (κ2) is 9.24. The molecule has 0 radical (unpaired) electrons. The minimum absolute atomic E-state index is 0.111. The molecule has 0 unspecified atom stereocenters. The van der Waals surface area contributed by atoms with Crippen LogP contribution in [0.15, 0.2) is 78.9 Å². The molecule has 0 aliphatic rings. The molecule has 0 bridgehead atoms. The van der Waals surface area contributed by atoms with Crippen molar-refractivity contribution in [2.45, 2.75) is 0 Å². The fraction of sp³-hybridized carbons (Fsp3) is 0.0455. The third-order valence-corrected chi connectivity index (χ3v) is 4.15. The Morgan fingerprint density at radius 3 is 2.00 bits per heavy atom. The van der Waals surface area contributed by atoms with E-state index >= 15 is 0 Å². The molecule has 30 heavy (non-hydrogen) atoms. The summed E-state index contributed by atoms with van der Waals surface area (Å²) < 4.78 is 5.03. The average molecular weight is 404 g/mol. The quantitative estimate of drug-likeness (QED) is 0.276. The van der Waals surface area contributed by atoms with Gasteiger partial charge in [0.2, 0.25) is 0 Å². The molecule has 0 fully saturated rings. The van der Waals surface area contributed by atoms with Crippen molar-refractivity contribution in [1.29, 1.82) is 0 Å². The molecule has 0 aliphatic carbocycles. The van der Waals surface area contributed by atoms with Gasteiger partial charge in [0.15, 0.2) is 12.4 Å². The van der Waals surface area contributed by atoms with Crippen LogP contribution in [0.5, 0.6) is 0 Å². The lowest BCUT2D eigenvalue weighted by molar-refractivity contribution is -0.384. The molecule has 0 aliphatic heterocycles. The highest BCUT2D eigenvalue weighted by Crippen LogP contribution is 2.15. The van der Waals surface area contributed by atoms with Crippen LogP contribution in [-0.4, -0.2) is 29.2 Å². The number of ketones is 1. The first-order valence-corrected chi connectivity index (χ1v) is 8.85. The number of nitrogens with zero attached hydrogens (tertiary/aromatic N) is 1. The van der Waals surface area contributed by atoms with Crippen molar-refractivity contribution in [2.75, 3.05) is 11.9 Å². The number of carbonyl (C=O) groups is 3. The van der Waals surface area contributed by atoms with Crippen LogP contribution in [-0.2, 0) is 4.74 Å². The van der Waals surface area contributed by atoms with Crippen LogP contribution < -0.4 is 5.32 Å². The van der Waals surface area contributed by atoms with Gasteiger partial charge in [0.1, 0.15) is 0 Å². The van der Waals surface area contributed by atoms with Gasteiger partial charge in [0.05, 0.1) is 10.5 Å². The SMILES string of the molecule is O=C(COC(=O)c1ccc(NC(=O)c2ccc([N+](=O)[O-])cc2)cc1)c1ccccc1. The van der Waals surface area contributed by atoms with E-state index in [1.165, 1.54) is 48.5 Å². The summed E-state index contributed by atoms with van der Waals surface area (Å²) in [4.78, 5) is 46.4. The van der Waals surface area contributed by atoms with Gasteiger partial charge >= 0.3 is 5.97 Å². The summed E-state index contributed by atoms with van der Waals surface area (Å²) in [5, 5.41) is 13.3. The summed E-state index contributed by atoms with van der Waals surface area (Å²) in [6.07, 6.45) is 0. The number of rotatable bonds is 7. The number of nitro groups is 1. The fourth-order valence-corrected chi connectivity index (χ4v) is 2.55. The molecule has 8 nitrogen and oxygen atoms in total. The third-order valence-electron chi connectivity index (χ3n) is 4.15. The van der Waals surface area contributed by atoms with Gasteiger partial charge in [-0.2, -0.15) is 0 Å². The van der Waals surface area contributed by atoms with Gasteiger partial charge in [-0.1, -0.05) is 30.3 Å². The van der Waals surface area contributed by atoms with Gasteiger partial charge in [0.25, 0.3) is 11.6 Å². The van der Waals surface area contributed by atoms with E-state index in [0.717, 1.165) is 0 Å². The van der Waals surface area contributed by atoms with E-state index < -0.39 is 16.8 Å². The number of nitrogens with one attached hydrogen (secondary N) is 1. The van der Waals surface area contributed by atoms with Crippen molar-refractivity contribution in [3.63, 3.8) is 0 Å². The topological polar surface area (TPSA) is 116 Å². The van der Waals surface area contributed by atoms with E-state index in [2.05, 4.69) is 5.32 Å². The highest BCUT2D eigenvalue weighted by Gasteiger charge is 2.13. The van der Waals surface area contributed by atoms with E-state index in [0.29, 0.717) is 11.3 Å². The number of Topliss-reactive ketones (excluding diaryl/α,β-unsaturated/α-hetero) is 1. The number of non-ortho nitro benzene ring substituents is 1. The molecule has 3 rings (SSSR count). The summed E-state index contributed by atoms with van der Waals surface area (Å²) in [6, 6.07) is 19.6. The maximum absolute atomic E-state index is 12.2. The van der Waals surface area contributed by atoms with Crippen LogP contribution in [0.1, 0.15) is 31.1 Å². The molecular formula is C22H16N2O6. The highest BCUT2D eigenvalue weighted by atomic mass is 16.6. The molecule has 0 atom stereocenters. The number of amides is 1. The number of anilines is 1. The van der Waals surface area contributed by atoms with Crippen molar-refractivity contribution in [3.8, 4) is 0 Å². The van der Waals surface area contributed by atoms with E-state index in [9.17, 15) is 24.5 Å². The summed E-state index contributed by atoms with van der Waals surface area (Å²) in [5.74, 6) is -1.42. The lowest BCUT2D eigenvalue weighted by atomic mass is 10.1. The first-order chi connectivity index (χ1) is 14.4. The van der Waals surface area contributed by atoms with Gasteiger partial charge in [-0.3, -0.25) is 19.7 Å². The monoisotopic (exact) mass is 404 g/mol. The Bertz CT molecular complexity index is 1080. The Hall–Kier alpha value is -4.33. The zero-order valence-corrected chi connectivity index (χ0v) is 15.6. The number of hydrogen-bond donors (Lipinski definition) is 1. The predicted molar refractivity (Wildman–Crippen MR) is 109 cm³/mol. The molecular weight excluding hydrogens is 388 g/mol. The van der Waals surface area contributed by atoms with Crippen LogP contribution in [0, 0.1) is 10.1 Å². The Labute approximate surface area is 171 Å². The number of esters is 1. The number of ether oxygens (including phenoxy) is 1. The van der Waals surface area contributed by atoms with Crippen molar-refractivity contribution >= 4 is 29.0 Å². The maximum Gasteiger partial charge on any atom is 0.338 e. The molecule has 3 aromatic rings. The number of hydrogen-bond acceptors (Lipinski definition) is 6. The Kier molecular flexibility index (Phi) is 6.29. The van der Waals surface area contributed by atoms with Gasteiger partial charge in [-0.25, -0.2) is 4.79 Å². The second-order valence-corrected chi connectivity index (χ2v) is 6.20. The Balaban J connectivity index is 1.56. The minimum Gasteiger partial charge on any atom is -0.454 e. The lowest BCUT2D eigenvalue weighted by Crippen LogP contribution is -2.14. The molecule has 0 saturated heterocycles. The molecule has 1 N–H and O–H groups in total. The van der Waals surface area contributed by atoms with Gasteiger partial charge in [-0.05, 0) is 36.4 Å². The van der Waals surface area contributed by atoms with Crippen LogP contribution in [0.4, 0.5) is 11.4 Å². The summed E-state index contributed by atoms with van der Waals surface area (Å²) in [7, 11) is 0. The molecule has 0 heterocycles. The Morgan fingerprint density at radius 2 is 1.40 bits per heavy atom. The van der Waals surface area contributed by atoms with E-state index in [1.54, 1.807) is 30.3 Å². The standard InChI is InChI=1S/C22H16N2O6/c25-20(15-4-2-1-3-5-15)14-30-22(27)17-6-10-18(11-7-17)23-21(26)16-8-12-19(13-9-16)24(28)29/h1-13H,14H2,(H,23,26). The predicted octanol–water partition coefficient (Wildman–Crippen LogP) is 3.89. The van der Waals surface area contributed by atoms with Crippen molar-refractivity contribution in [1.82, 2.24) is 0 Å². The first kappa shape index (κ1) is 20.4. The molecule has 3 aromatic carbocycles. The van der Waals surface area contributed by atoms with Crippen LogP contribution in [0.2, 0.25) is 0 Å². The van der Waals surface area contributed by atoms with E-state index in [1.807, 2.05) is 0 Å². The van der Waals surface area contributed by atoms with Gasteiger partial charge in [-0.15, -0.1) is 0 Å². The Morgan fingerprint density at radius 1 is 0.800 bits per heavy atom. The molecule has 1 amide bonds. The average Bonchev–Trinajstić information content (AvgIpc) is 2.78. The fourth-order valence-electron chi connectivity index (χ4n) is 2.55. The van der Waals surface area contributed by atoms with Gasteiger partial charge < -0.3 is 10.1 Å². The third kappa shape index (κ3) is 5.14. The zero-order chi connectivity index (χ0) is 21.5. The molecule has 0 aromatic heterocycles. The molecule has 0 spiro atoms. The lowest BCUT2D eigenvalue weighted by Gasteiger charge is -2.07. The first-order valence-electron chi connectivity index (χ1n) is 8.85. The van der Waals surface area contributed by atoms with Crippen molar-refractivity contribution < 1.29 is 24.0 Å². The largest absolute Gasteiger partial charge is 0.454 e. The normalized spacial score (nSPS) is 10.1. The summed E-state index contributed by atoms with van der Waals surface area (Å²) in [5.41, 5.74) is 1.25. The minimum atomic E-state index is -0.660. The van der Waals surface area contributed by atoms with Crippen molar-refractivity contribution in [2.24, 2.45) is 0 Å². The van der Waals surface area contributed by atoms with E-state index in [-0.39, 0.29) is 29.2 Å². The van der Waals surface area contributed by atoms with Crippen LogP contribution in [0.3, 0.4) is 0 Å². The number of nitro benzene ring substituents is 1. The highest BCUT2D eigenvalue weighted by molar-refractivity contribution is 6.04. The molecule has 0 saturated carbocycles. The summed E-state index contributed by atoms with van der Waals surface area (Å²) >= 11 is 0. The molecule has 150 valence electrons. The maximum atomic E-state index is 12.2. The zero-order valence-electron chi connectivity index (χ0n) is 15.6. The summed E-state index contributed by atoms with van der Waals surface area (Å²) in [6.45, 7) is -0.374. The molecule has 8 heteroatoms. The number of carbonyl (C=O) groups excluding carboxylic acids is 3. The van der Waals surface area contributed by atoms with Gasteiger partial charge in [0, 0.05) is 28.9 Å². The van der Waals surface area contributed by atoms with Crippen LogP contribution >= 0.6 is 0 Å². The van der Waals surface area contributed by atoms with E-state index in [4.69, 9.17) is 4.74 Å². The second-order valence-electron chi connectivity index (χ2n) is 6.20. The smallest absolute Gasteiger partial charge is 0.338 e. The van der Waals surface area contributed by atoms with Crippen LogP contribution in [0.25, 0.3) is 0 Å².